The summed E-state index contributed by atoms with van der Waals surface area (Å²) < 4.78 is 13.6. The fraction of sp³-hybridized carbons (Fsp3) is 0.333. The van der Waals surface area contributed by atoms with Gasteiger partial charge < -0.3 is 5.32 Å². The lowest BCUT2D eigenvalue weighted by Gasteiger charge is -2.23. The molecule has 1 unspecified atom stereocenters. The summed E-state index contributed by atoms with van der Waals surface area (Å²) in [7, 11) is 0. The molecule has 0 saturated carbocycles. The predicted molar refractivity (Wildman–Crippen MR) is 87.5 cm³/mol. The highest BCUT2D eigenvalue weighted by molar-refractivity contribution is 6.31. The molecule has 112 valence electrons. The Kier molecular flexibility index (Phi) is 5.38. The van der Waals surface area contributed by atoms with Crippen LogP contribution in [0.15, 0.2) is 36.4 Å². The van der Waals surface area contributed by atoms with Gasteiger partial charge in [-0.3, -0.25) is 0 Å². The number of hydrogen-bond acceptors (Lipinski definition) is 1. The van der Waals surface area contributed by atoms with Gasteiger partial charge in [-0.1, -0.05) is 36.7 Å². The second kappa shape index (κ2) is 7.06. The van der Waals surface area contributed by atoms with E-state index in [0.717, 1.165) is 35.2 Å². The highest BCUT2D eigenvalue weighted by Gasteiger charge is 2.18. The minimum absolute atomic E-state index is 0.0891. The van der Waals surface area contributed by atoms with Gasteiger partial charge in [-0.05, 0) is 67.3 Å². The van der Waals surface area contributed by atoms with Crippen LogP contribution in [-0.4, -0.2) is 6.54 Å². The summed E-state index contributed by atoms with van der Waals surface area (Å²) in [6.07, 6.45) is 1.01. The molecule has 0 aliphatic heterocycles. The van der Waals surface area contributed by atoms with E-state index < -0.39 is 0 Å². The lowest BCUT2D eigenvalue weighted by atomic mass is 9.94. The Morgan fingerprint density at radius 2 is 1.86 bits per heavy atom. The summed E-state index contributed by atoms with van der Waals surface area (Å²) in [6.45, 7) is 6.97. The molecule has 3 heteroatoms. The first-order valence-electron chi connectivity index (χ1n) is 7.28. The van der Waals surface area contributed by atoms with Gasteiger partial charge in [0.25, 0.3) is 0 Å². The van der Waals surface area contributed by atoms with Crippen molar-refractivity contribution in [2.75, 3.05) is 6.54 Å². The molecule has 0 radical (unpaired) electrons. The first kappa shape index (κ1) is 16.0. The molecule has 0 heterocycles. The largest absolute Gasteiger partial charge is 0.306 e. The van der Waals surface area contributed by atoms with Crippen LogP contribution in [0.4, 0.5) is 4.39 Å². The van der Waals surface area contributed by atoms with E-state index in [9.17, 15) is 4.39 Å². The fourth-order valence-corrected chi connectivity index (χ4v) is 2.81. The van der Waals surface area contributed by atoms with Crippen molar-refractivity contribution in [2.45, 2.75) is 33.2 Å². The van der Waals surface area contributed by atoms with Gasteiger partial charge in [0, 0.05) is 5.02 Å². The third-order valence-corrected chi connectivity index (χ3v) is 3.95. The average Bonchev–Trinajstić information content (AvgIpc) is 2.44. The zero-order valence-corrected chi connectivity index (χ0v) is 13.5. The standard InChI is InChI=1S/C18H21ClFN/c1-4-9-21-18(15-8-5-12(2)10-17(15)19)16-11-14(20)7-6-13(16)3/h5-8,10-11,18,21H,4,9H2,1-3H3. The number of aryl methyl sites for hydroxylation is 2. The zero-order chi connectivity index (χ0) is 15.4. The van der Waals surface area contributed by atoms with Gasteiger partial charge in [-0.2, -0.15) is 0 Å². The van der Waals surface area contributed by atoms with Gasteiger partial charge in [0.2, 0.25) is 0 Å². The summed E-state index contributed by atoms with van der Waals surface area (Å²) in [5.41, 5.74) is 4.11. The molecular formula is C18H21ClFN. The molecule has 21 heavy (non-hydrogen) atoms. The zero-order valence-electron chi connectivity index (χ0n) is 12.7. The highest BCUT2D eigenvalue weighted by atomic mass is 35.5. The Balaban J connectivity index is 2.49. The van der Waals surface area contributed by atoms with Gasteiger partial charge in [0.15, 0.2) is 0 Å². The summed E-state index contributed by atoms with van der Waals surface area (Å²) in [6, 6.07) is 10.8. The Bertz CT molecular complexity index is 625. The van der Waals surface area contributed by atoms with E-state index >= 15 is 0 Å². The molecule has 2 aromatic rings. The molecule has 2 aromatic carbocycles. The topological polar surface area (TPSA) is 12.0 Å². The van der Waals surface area contributed by atoms with Gasteiger partial charge in [0.1, 0.15) is 5.82 Å². The van der Waals surface area contributed by atoms with Gasteiger partial charge in [0.05, 0.1) is 6.04 Å². The molecule has 0 saturated heterocycles. The van der Waals surface area contributed by atoms with Crippen LogP contribution >= 0.6 is 11.6 Å². The molecule has 0 bridgehead atoms. The van der Waals surface area contributed by atoms with Crippen molar-refractivity contribution >= 4 is 11.6 Å². The van der Waals surface area contributed by atoms with Crippen LogP contribution in [0.25, 0.3) is 0 Å². The van der Waals surface area contributed by atoms with E-state index in [0.29, 0.717) is 5.02 Å². The van der Waals surface area contributed by atoms with Crippen LogP contribution < -0.4 is 5.32 Å². The van der Waals surface area contributed by atoms with Crippen molar-refractivity contribution in [3.05, 3.63) is 69.5 Å². The van der Waals surface area contributed by atoms with Crippen LogP contribution in [0, 0.1) is 19.7 Å². The number of nitrogens with one attached hydrogen (secondary N) is 1. The Labute approximate surface area is 131 Å². The average molecular weight is 306 g/mol. The summed E-state index contributed by atoms with van der Waals surface area (Å²) in [5.74, 6) is -0.220. The number of halogens is 2. The van der Waals surface area contributed by atoms with Crippen LogP contribution in [-0.2, 0) is 0 Å². The van der Waals surface area contributed by atoms with Crippen molar-refractivity contribution in [3.8, 4) is 0 Å². The van der Waals surface area contributed by atoms with E-state index in [2.05, 4.69) is 12.2 Å². The molecule has 0 aliphatic rings. The normalized spacial score (nSPS) is 12.4. The molecular weight excluding hydrogens is 285 g/mol. The summed E-state index contributed by atoms with van der Waals surface area (Å²) in [5, 5.41) is 4.19. The van der Waals surface area contributed by atoms with Gasteiger partial charge >= 0.3 is 0 Å². The van der Waals surface area contributed by atoms with E-state index in [4.69, 9.17) is 11.6 Å². The van der Waals surface area contributed by atoms with Crippen molar-refractivity contribution in [1.82, 2.24) is 5.32 Å². The number of hydrogen-bond donors (Lipinski definition) is 1. The molecule has 1 atom stereocenters. The van der Waals surface area contributed by atoms with Crippen LogP contribution in [0.2, 0.25) is 5.02 Å². The van der Waals surface area contributed by atoms with Crippen molar-refractivity contribution in [3.63, 3.8) is 0 Å². The van der Waals surface area contributed by atoms with E-state index in [-0.39, 0.29) is 11.9 Å². The monoisotopic (exact) mass is 305 g/mol. The highest BCUT2D eigenvalue weighted by Crippen LogP contribution is 2.31. The maximum absolute atomic E-state index is 13.6. The summed E-state index contributed by atoms with van der Waals surface area (Å²) in [4.78, 5) is 0. The van der Waals surface area contributed by atoms with E-state index in [1.54, 1.807) is 6.07 Å². The lowest BCUT2D eigenvalue weighted by Crippen LogP contribution is -2.24. The van der Waals surface area contributed by atoms with E-state index in [1.165, 1.54) is 6.07 Å². The molecule has 0 amide bonds. The Hall–Kier alpha value is -1.38. The first-order chi connectivity index (χ1) is 10.0. The van der Waals surface area contributed by atoms with E-state index in [1.807, 2.05) is 38.1 Å². The second-order valence-electron chi connectivity index (χ2n) is 5.41. The Morgan fingerprint density at radius 1 is 1.10 bits per heavy atom. The fourth-order valence-electron chi connectivity index (χ4n) is 2.46. The molecule has 1 nitrogen and oxygen atoms in total. The van der Waals surface area contributed by atoms with Crippen molar-refractivity contribution in [2.24, 2.45) is 0 Å². The van der Waals surface area contributed by atoms with Crippen molar-refractivity contribution in [1.29, 1.82) is 0 Å². The maximum atomic E-state index is 13.6. The second-order valence-corrected chi connectivity index (χ2v) is 5.82. The van der Waals surface area contributed by atoms with Crippen LogP contribution in [0.3, 0.4) is 0 Å². The number of rotatable bonds is 5. The maximum Gasteiger partial charge on any atom is 0.123 e. The van der Waals surface area contributed by atoms with Gasteiger partial charge in [-0.25, -0.2) is 4.39 Å². The minimum atomic E-state index is -0.220. The third kappa shape index (κ3) is 3.84. The lowest BCUT2D eigenvalue weighted by molar-refractivity contribution is 0.583. The first-order valence-corrected chi connectivity index (χ1v) is 7.66. The van der Waals surface area contributed by atoms with Crippen LogP contribution in [0.1, 0.15) is 41.6 Å². The quantitative estimate of drug-likeness (QED) is 0.802. The molecule has 0 spiro atoms. The smallest absolute Gasteiger partial charge is 0.123 e. The van der Waals surface area contributed by atoms with Crippen LogP contribution in [0.5, 0.6) is 0 Å². The Morgan fingerprint density at radius 3 is 2.52 bits per heavy atom. The molecule has 0 fully saturated rings. The molecule has 0 aliphatic carbocycles. The third-order valence-electron chi connectivity index (χ3n) is 3.62. The van der Waals surface area contributed by atoms with Gasteiger partial charge in [-0.15, -0.1) is 0 Å². The van der Waals surface area contributed by atoms with Crippen molar-refractivity contribution < 1.29 is 4.39 Å². The molecule has 2 rings (SSSR count). The molecule has 1 N–H and O–H groups in total. The summed E-state index contributed by atoms with van der Waals surface area (Å²) >= 11 is 6.41. The molecule has 0 aromatic heterocycles. The number of benzene rings is 2. The SMILES string of the molecule is CCCNC(c1cc(F)ccc1C)c1ccc(C)cc1Cl. The predicted octanol–water partition coefficient (Wildman–Crippen LogP) is 5.18. The minimum Gasteiger partial charge on any atom is -0.306 e.